The van der Waals surface area contributed by atoms with Gasteiger partial charge >= 0.3 is 0 Å². The Bertz CT molecular complexity index is 769. The van der Waals surface area contributed by atoms with Crippen LogP contribution in [0.15, 0.2) is 35.6 Å². The van der Waals surface area contributed by atoms with Crippen LogP contribution in [0.1, 0.15) is 18.7 Å². The number of imidazole rings is 1. The van der Waals surface area contributed by atoms with Crippen molar-refractivity contribution in [3.63, 3.8) is 0 Å². The minimum absolute atomic E-state index is 0.185. The molecule has 2 aromatic rings. The van der Waals surface area contributed by atoms with Crippen LogP contribution in [0.5, 0.6) is 0 Å². The van der Waals surface area contributed by atoms with Gasteiger partial charge in [0.15, 0.2) is 0 Å². The molecule has 0 amide bonds. The summed E-state index contributed by atoms with van der Waals surface area (Å²) in [5, 5.41) is 0. The molecule has 1 aliphatic heterocycles. The molecule has 0 unspecified atom stereocenters. The van der Waals surface area contributed by atoms with Crippen LogP contribution in [0.2, 0.25) is 0 Å². The highest BCUT2D eigenvalue weighted by atomic mass is 32.2. The highest BCUT2D eigenvalue weighted by molar-refractivity contribution is 7.89. The second-order valence-electron chi connectivity index (χ2n) is 5.68. The molecule has 7 nitrogen and oxygen atoms in total. The van der Waals surface area contributed by atoms with Crippen molar-refractivity contribution in [2.24, 2.45) is 0 Å². The minimum Gasteiger partial charge on any atom is -0.352 e. The van der Waals surface area contributed by atoms with Gasteiger partial charge in [-0.3, -0.25) is 0 Å². The van der Waals surface area contributed by atoms with E-state index in [0.29, 0.717) is 6.04 Å². The van der Waals surface area contributed by atoms with Crippen molar-refractivity contribution in [1.29, 1.82) is 0 Å². The molecule has 0 aromatic carbocycles. The van der Waals surface area contributed by atoms with Gasteiger partial charge in [-0.1, -0.05) is 0 Å². The maximum absolute atomic E-state index is 11.8. The van der Waals surface area contributed by atoms with E-state index in [1.54, 1.807) is 12.1 Å². The molecule has 0 saturated carbocycles. The Kier molecular flexibility index (Phi) is 4.36. The van der Waals surface area contributed by atoms with Crippen LogP contribution in [0, 0.1) is 6.92 Å². The Morgan fingerprint density at radius 2 is 2.17 bits per heavy atom. The van der Waals surface area contributed by atoms with E-state index < -0.39 is 10.0 Å². The van der Waals surface area contributed by atoms with Crippen LogP contribution in [0.4, 0.5) is 5.82 Å². The fourth-order valence-electron chi connectivity index (χ4n) is 2.97. The Hall–Kier alpha value is -1.93. The molecule has 1 fully saturated rings. The van der Waals surface area contributed by atoms with Crippen molar-refractivity contribution in [2.45, 2.75) is 37.2 Å². The van der Waals surface area contributed by atoms with Gasteiger partial charge in [-0.25, -0.2) is 23.1 Å². The lowest BCUT2D eigenvalue weighted by Gasteiger charge is -2.26. The average Bonchev–Trinajstić information content (AvgIpc) is 3.17. The zero-order chi connectivity index (χ0) is 16.4. The van der Waals surface area contributed by atoms with Crippen LogP contribution in [-0.2, 0) is 16.6 Å². The lowest BCUT2D eigenvalue weighted by atomic mass is 10.2. The fraction of sp³-hybridized carbons (Fsp3) is 0.467. The zero-order valence-corrected chi connectivity index (χ0v) is 14.1. The maximum Gasteiger partial charge on any atom is 0.241 e. The molecule has 1 N–H and O–H groups in total. The molecule has 0 spiro atoms. The summed E-state index contributed by atoms with van der Waals surface area (Å²) < 4.78 is 28.0. The van der Waals surface area contributed by atoms with Gasteiger partial charge in [0.05, 0.1) is 0 Å². The summed E-state index contributed by atoms with van der Waals surface area (Å²) in [7, 11) is -2.05. The zero-order valence-electron chi connectivity index (χ0n) is 13.3. The van der Waals surface area contributed by atoms with Crippen molar-refractivity contribution >= 4 is 15.8 Å². The topological polar surface area (TPSA) is 80.1 Å². The average molecular weight is 335 g/mol. The largest absolute Gasteiger partial charge is 0.352 e. The molecule has 0 aliphatic carbocycles. The molecule has 124 valence electrons. The summed E-state index contributed by atoms with van der Waals surface area (Å²) in [5.74, 6) is 1.82. The highest BCUT2D eigenvalue weighted by Gasteiger charge is 2.26. The van der Waals surface area contributed by atoms with Crippen LogP contribution in [-0.4, -0.2) is 42.6 Å². The fourth-order valence-corrected chi connectivity index (χ4v) is 3.64. The Labute approximate surface area is 136 Å². The number of pyridine rings is 1. The number of sulfonamides is 1. The molecule has 8 heteroatoms. The summed E-state index contributed by atoms with van der Waals surface area (Å²) in [4.78, 5) is 11.0. The van der Waals surface area contributed by atoms with Gasteiger partial charge in [0.2, 0.25) is 10.0 Å². The first-order valence-electron chi connectivity index (χ1n) is 7.65. The maximum atomic E-state index is 11.8. The molecule has 0 radical (unpaired) electrons. The van der Waals surface area contributed by atoms with Crippen LogP contribution >= 0.6 is 0 Å². The van der Waals surface area contributed by atoms with Crippen LogP contribution in [0.3, 0.4) is 0 Å². The molecule has 23 heavy (non-hydrogen) atoms. The normalized spacial score (nSPS) is 18.5. The van der Waals surface area contributed by atoms with E-state index in [4.69, 9.17) is 0 Å². The third kappa shape index (κ3) is 3.23. The summed E-state index contributed by atoms with van der Waals surface area (Å²) in [6.07, 6.45) is 7.41. The quantitative estimate of drug-likeness (QED) is 0.887. The number of aryl methyl sites for hydroxylation is 1. The third-order valence-corrected chi connectivity index (χ3v) is 5.70. The summed E-state index contributed by atoms with van der Waals surface area (Å²) in [5.41, 5.74) is 0. The van der Waals surface area contributed by atoms with Crippen molar-refractivity contribution in [1.82, 2.24) is 19.3 Å². The van der Waals surface area contributed by atoms with Gasteiger partial charge in [-0.2, -0.15) is 0 Å². The van der Waals surface area contributed by atoms with E-state index in [1.807, 2.05) is 19.3 Å². The van der Waals surface area contributed by atoms with E-state index in [2.05, 4.69) is 24.2 Å². The van der Waals surface area contributed by atoms with Gasteiger partial charge in [-0.05, 0) is 38.9 Å². The van der Waals surface area contributed by atoms with Crippen molar-refractivity contribution in [3.8, 4) is 0 Å². The van der Waals surface area contributed by atoms with Gasteiger partial charge in [0, 0.05) is 37.7 Å². The lowest BCUT2D eigenvalue weighted by molar-refractivity contribution is 0.538. The molecule has 3 heterocycles. The molecule has 2 aromatic heterocycles. The Balaban J connectivity index is 1.79. The van der Waals surface area contributed by atoms with Crippen LogP contribution < -0.4 is 9.62 Å². The Morgan fingerprint density at radius 3 is 2.78 bits per heavy atom. The molecule has 3 rings (SSSR count). The predicted octanol–water partition coefficient (Wildman–Crippen LogP) is 1.16. The molecular weight excluding hydrogens is 314 g/mol. The second kappa shape index (κ2) is 6.29. The standard InChI is InChI=1S/C15H21N5O2S/c1-12-17-7-9-19(12)11-13-4-3-8-20(13)15-6-5-14(10-18-15)23(21,22)16-2/h5-7,9-10,13,16H,3-4,8,11H2,1-2H3/t13-/m0/s1. The SMILES string of the molecule is CNS(=O)(=O)c1ccc(N2CCC[C@H]2Cn2ccnc2C)nc1. The van der Waals surface area contributed by atoms with E-state index in [1.165, 1.54) is 13.2 Å². The van der Waals surface area contributed by atoms with Crippen molar-refractivity contribution in [2.75, 3.05) is 18.5 Å². The van der Waals surface area contributed by atoms with E-state index in [-0.39, 0.29) is 4.90 Å². The van der Waals surface area contributed by atoms with Gasteiger partial charge in [-0.15, -0.1) is 0 Å². The minimum atomic E-state index is -3.44. The number of hydrogen-bond donors (Lipinski definition) is 1. The monoisotopic (exact) mass is 335 g/mol. The van der Waals surface area contributed by atoms with Gasteiger partial charge in [0.1, 0.15) is 16.5 Å². The van der Waals surface area contributed by atoms with Crippen LogP contribution in [0.25, 0.3) is 0 Å². The Morgan fingerprint density at radius 1 is 1.35 bits per heavy atom. The third-order valence-electron chi connectivity index (χ3n) is 4.30. The summed E-state index contributed by atoms with van der Waals surface area (Å²) >= 11 is 0. The summed E-state index contributed by atoms with van der Waals surface area (Å²) in [6, 6.07) is 3.73. The molecule has 1 atom stereocenters. The lowest BCUT2D eigenvalue weighted by Crippen LogP contribution is -2.33. The predicted molar refractivity (Wildman–Crippen MR) is 87.8 cm³/mol. The van der Waals surface area contributed by atoms with E-state index >= 15 is 0 Å². The smallest absolute Gasteiger partial charge is 0.241 e. The van der Waals surface area contributed by atoms with Gasteiger partial charge < -0.3 is 9.47 Å². The molecule has 1 saturated heterocycles. The number of nitrogens with zero attached hydrogens (tertiary/aromatic N) is 4. The van der Waals surface area contributed by atoms with E-state index in [0.717, 1.165) is 37.6 Å². The molecule has 0 bridgehead atoms. The van der Waals surface area contributed by atoms with Gasteiger partial charge in [0.25, 0.3) is 0 Å². The molecular formula is C15H21N5O2S. The molecule has 1 aliphatic rings. The second-order valence-corrected chi connectivity index (χ2v) is 7.56. The number of aromatic nitrogens is 3. The first-order valence-corrected chi connectivity index (χ1v) is 9.13. The first-order chi connectivity index (χ1) is 11.0. The number of hydrogen-bond acceptors (Lipinski definition) is 5. The van der Waals surface area contributed by atoms with Crippen molar-refractivity contribution < 1.29 is 8.42 Å². The van der Waals surface area contributed by atoms with Crippen molar-refractivity contribution in [3.05, 3.63) is 36.5 Å². The van der Waals surface area contributed by atoms with E-state index in [9.17, 15) is 8.42 Å². The number of rotatable bonds is 5. The first kappa shape index (κ1) is 15.9. The highest BCUT2D eigenvalue weighted by Crippen LogP contribution is 2.25. The number of nitrogens with one attached hydrogen (secondary N) is 1. The number of anilines is 1. The summed E-state index contributed by atoms with van der Waals surface area (Å²) in [6.45, 7) is 3.79.